The zero-order valence-corrected chi connectivity index (χ0v) is 34.3. The molecule has 1 atom stereocenters. The molecule has 11 aromatic rings. The van der Waals surface area contributed by atoms with Crippen LogP contribution in [0.25, 0.3) is 99.6 Å². The van der Waals surface area contributed by atoms with E-state index < -0.39 is 0 Å². The Hall–Kier alpha value is -7.94. The van der Waals surface area contributed by atoms with Gasteiger partial charge < -0.3 is 0 Å². The Labute approximate surface area is 361 Å². The van der Waals surface area contributed by atoms with Gasteiger partial charge in [0.05, 0.1) is 11.4 Å². The highest BCUT2D eigenvalue weighted by molar-refractivity contribution is 6.20. The summed E-state index contributed by atoms with van der Waals surface area (Å²) in [5.74, 6) is 0.704. The summed E-state index contributed by atoms with van der Waals surface area (Å²) in [4.78, 5) is 10.5. The van der Waals surface area contributed by atoms with Crippen LogP contribution in [0.5, 0.6) is 0 Å². The van der Waals surface area contributed by atoms with Gasteiger partial charge in [-0.3, -0.25) is 0 Å². The predicted octanol–water partition coefficient (Wildman–Crippen LogP) is 15.6. The van der Waals surface area contributed by atoms with E-state index in [-0.39, 0.29) is 5.41 Å². The first kappa shape index (κ1) is 36.0. The van der Waals surface area contributed by atoms with Crippen LogP contribution in [0.2, 0.25) is 0 Å². The fourth-order valence-electron chi connectivity index (χ4n) is 10.0. The maximum atomic E-state index is 5.28. The second kappa shape index (κ2) is 14.4. The molecule has 62 heavy (non-hydrogen) atoms. The van der Waals surface area contributed by atoms with Crippen molar-refractivity contribution in [3.05, 3.63) is 241 Å². The first-order valence-corrected chi connectivity index (χ1v) is 21.4. The molecule has 1 heterocycles. The van der Waals surface area contributed by atoms with Gasteiger partial charge in [-0.1, -0.05) is 194 Å². The monoisotopic (exact) mass is 788 g/mol. The van der Waals surface area contributed by atoms with Crippen molar-refractivity contribution in [1.29, 1.82) is 0 Å². The maximum Gasteiger partial charge on any atom is 0.160 e. The minimum Gasteiger partial charge on any atom is -0.228 e. The Morgan fingerprint density at radius 1 is 0.323 bits per heavy atom. The Kier molecular flexibility index (Phi) is 8.33. The average Bonchev–Trinajstić information content (AvgIpc) is 3.61. The topological polar surface area (TPSA) is 25.8 Å². The second-order valence-corrected chi connectivity index (χ2v) is 16.6. The number of aromatic nitrogens is 2. The summed E-state index contributed by atoms with van der Waals surface area (Å²) in [6.45, 7) is 2.36. The fraction of sp³-hybridized carbons (Fsp3) is 0.0333. The summed E-state index contributed by atoms with van der Waals surface area (Å²) in [5.41, 5.74) is 15.8. The van der Waals surface area contributed by atoms with E-state index in [1.807, 2.05) is 6.07 Å². The highest BCUT2D eigenvalue weighted by Gasteiger charge is 2.40. The Morgan fingerprint density at radius 3 is 1.69 bits per heavy atom. The first-order chi connectivity index (χ1) is 30.6. The zero-order valence-electron chi connectivity index (χ0n) is 34.3. The van der Waals surface area contributed by atoms with E-state index in [0.717, 1.165) is 39.2 Å². The lowest BCUT2D eigenvalue weighted by Gasteiger charge is -2.28. The van der Waals surface area contributed by atoms with Crippen molar-refractivity contribution < 1.29 is 0 Å². The molecule has 0 spiro atoms. The van der Waals surface area contributed by atoms with E-state index >= 15 is 0 Å². The summed E-state index contributed by atoms with van der Waals surface area (Å²) in [6.07, 6.45) is 0. The molecule has 10 aromatic carbocycles. The van der Waals surface area contributed by atoms with Gasteiger partial charge in [0.15, 0.2) is 5.82 Å². The van der Waals surface area contributed by atoms with Crippen LogP contribution in [-0.2, 0) is 5.41 Å². The van der Waals surface area contributed by atoms with E-state index in [2.05, 4.69) is 225 Å². The summed E-state index contributed by atoms with van der Waals surface area (Å²) in [6, 6.07) is 81.3. The van der Waals surface area contributed by atoms with Crippen molar-refractivity contribution in [3.63, 3.8) is 0 Å². The van der Waals surface area contributed by atoms with Gasteiger partial charge >= 0.3 is 0 Å². The van der Waals surface area contributed by atoms with Crippen molar-refractivity contribution in [3.8, 4) is 67.3 Å². The lowest BCUT2D eigenvalue weighted by molar-refractivity contribution is 0.714. The summed E-state index contributed by atoms with van der Waals surface area (Å²) in [7, 11) is 0. The van der Waals surface area contributed by atoms with Gasteiger partial charge in [0, 0.05) is 22.1 Å². The van der Waals surface area contributed by atoms with Crippen LogP contribution in [-0.4, -0.2) is 9.97 Å². The van der Waals surface area contributed by atoms with Crippen molar-refractivity contribution in [1.82, 2.24) is 9.97 Å². The van der Waals surface area contributed by atoms with Crippen LogP contribution in [0.1, 0.15) is 23.6 Å². The Balaban J connectivity index is 0.991. The van der Waals surface area contributed by atoms with E-state index in [9.17, 15) is 0 Å². The van der Waals surface area contributed by atoms with Gasteiger partial charge in [-0.05, 0) is 120 Å². The number of benzene rings is 10. The van der Waals surface area contributed by atoms with Crippen LogP contribution in [0.3, 0.4) is 0 Å². The van der Waals surface area contributed by atoms with Gasteiger partial charge in [-0.25, -0.2) is 9.97 Å². The van der Waals surface area contributed by atoms with Crippen molar-refractivity contribution in [2.45, 2.75) is 12.3 Å². The van der Waals surface area contributed by atoms with Gasteiger partial charge in [-0.15, -0.1) is 0 Å². The normalized spacial score (nSPS) is 14.3. The largest absolute Gasteiger partial charge is 0.228 e. The molecule has 0 saturated carbocycles. The van der Waals surface area contributed by atoms with Crippen molar-refractivity contribution in [2.75, 3.05) is 0 Å². The lowest BCUT2D eigenvalue weighted by Crippen LogP contribution is -2.22. The van der Waals surface area contributed by atoms with Crippen molar-refractivity contribution >= 4 is 32.3 Å². The van der Waals surface area contributed by atoms with Crippen LogP contribution in [0.15, 0.2) is 224 Å². The molecule has 1 aromatic heterocycles. The van der Waals surface area contributed by atoms with E-state index in [4.69, 9.17) is 9.97 Å². The third kappa shape index (κ3) is 5.79. The zero-order chi connectivity index (χ0) is 41.2. The van der Waals surface area contributed by atoms with E-state index in [1.54, 1.807) is 0 Å². The standard InChI is InChI=1S/C60H40N2/c1-60(47-24-6-3-7-25-47)54-29-13-12-28-50(54)51-32-31-45(37-55(51)60)57-38-56(61-59(62-57)40-17-4-2-5-18-40)44-22-14-20-41(34-44)42-21-15-23-46(35-42)58-49-27-11-9-19-43(49)36-53-48-26-10-8-16-39(48)30-33-52(53)58/h2-38H,1H3. The number of hydrogen-bond acceptors (Lipinski definition) is 2. The van der Waals surface area contributed by atoms with Crippen LogP contribution in [0, 0.1) is 0 Å². The van der Waals surface area contributed by atoms with Gasteiger partial charge in [0.25, 0.3) is 0 Å². The summed E-state index contributed by atoms with van der Waals surface area (Å²) >= 11 is 0. The molecule has 0 aliphatic heterocycles. The third-order valence-corrected chi connectivity index (χ3v) is 13.1. The second-order valence-electron chi connectivity index (χ2n) is 16.6. The quantitative estimate of drug-likeness (QED) is 0.124. The maximum absolute atomic E-state index is 5.28. The highest BCUT2D eigenvalue weighted by Crippen LogP contribution is 2.53. The van der Waals surface area contributed by atoms with Crippen LogP contribution in [0.4, 0.5) is 0 Å². The van der Waals surface area contributed by atoms with Gasteiger partial charge in [-0.2, -0.15) is 0 Å². The summed E-state index contributed by atoms with van der Waals surface area (Å²) in [5, 5.41) is 7.55. The number of hydrogen-bond donors (Lipinski definition) is 0. The third-order valence-electron chi connectivity index (χ3n) is 13.1. The molecule has 1 aliphatic rings. The Morgan fingerprint density at radius 2 is 0.903 bits per heavy atom. The molecule has 2 heteroatoms. The van der Waals surface area contributed by atoms with Crippen LogP contribution >= 0.6 is 0 Å². The fourth-order valence-corrected chi connectivity index (χ4v) is 10.0. The first-order valence-electron chi connectivity index (χ1n) is 21.4. The molecule has 0 N–H and O–H groups in total. The number of rotatable bonds is 6. The average molecular weight is 789 g/mol. The molecule has 290 valence electrons. The molecule has 0 radical (unpaired) electrons. The molecule has 2 nitrogen and oxygen atoms in total. The summed E-state index contributed by atoms with van der Waals surface area (Å²) < 4.78 is 0. The van der Waals surface area contributed by atoms with E-state index in [1.165, 1.54) is 71.3 Å². The number of fused-ring (bicyclic) bond motifs is 7. The van der Waals surface area contributed by atoms with Crippen molar-refractivity contribution in [2.24, 2.45) is 0 Å². The van der Waals surface area contributed by atoms with Gasteiger partial charge in [0.1, 0.15) is 0 Å². The molecule has 0 saturated heterocycles. The smallest absolute Gasteiger partial charge is 0.160 e. The molecular formula is C60H40N2. The molecule has 0 bridgehead atoms. The predicted molar refractivity (Wildman–Crippen MR) is 259 cm³/mol. The molecule has 0 amide bonds. The van der Waals surface area contributed by atoms with Gasteiger partial charge in [0.2, 0.25) is 0 Å². The molecule has 1 aliphatic carbocycles. The van der Waals surface area contributed by atoms with E-state index in [0.29, 0.717) is 5.82 Å². The molecule has 0 fully saturated rings. The minimum atomic E-state index is -0.309. The highest BCUT2D eigenvalue weighted by atomic mass is 14.9. The minimum absolute atomic E-state index is 0.309. The molecular weight excluding hydrogens is 749 g/mol. The number of nitrogens with zero attached hydrogens (tertiary/aromatic N) is 2. The van der Waals surface area contributed by atoms with Crippen LogP contribution < -0.4 is 0 Å². The molecule has 12 rings (SSSR count). The lowest BCUT2D eigenvalue weighted by atomic mass is 9.74. The SMILES string of the molecule is CC1(c2ccccc2)c2ccccc2-c2ccc(-c3cc(-c4cccc(-c5cccc(-c6c7ccccc7cc7c6ccc6ccccc67)c5)c4)nc(-c4ccccc4)n3)cc21. The Bertz CT molecular complexity index is 3530. The molecule has 1 unspecified atom stereocenters.